The zero-order valence-corrected chi connectivity index (χ0v) is 17.8. The van der Waals surface area contributed by atoms with Gasteiger partial charge in [-0.1, -0.05) is 30.3 Å². The third-order valence-corrected chi connectivity index (χ3v) is 5.25. The van der Waals surface area contributed by atoms with Crippen molar-refractivity contribution in [2.75, 3.05) is 14.2 Å². The molecule has 3 aromatic rings. The van der Waals surface area contributed by atoms with Crippen LogP contribution in [0.1, 0.15) is 30.0 Å². The van der Waals surface area contributed by atoms with E-state index in [4.69, 9.17) is 13.9 Å². The van der Waals surface area contributed by atoms with Crippen LogP contribution in [0.2, 0.25) is 0 Å². The van der Waals surface area contributed by atoms with Gasteiger partial charge >= 0.3 is 5.63 Å². The monoisotopic (exact) mass is 409 g/mol. The zero-order chi connectivity index (χ0) is 21.7. The number of benzene rings is 2. The summed E-state index contributed by atoms with van der Waals surface area (Å²) in [4.78, 5) is 25.2. The highest BCUT2D eigenvalue weighted by atomic mass is 16.5. The van der Waals surface area contributed by atoms with Crippen molar-refractivity contribution in [2.45, 2.75) is 39.2 Å². The molecule has 0 bridgehead atoms. The second-order valence-corrected chi connectivity index (χ2v) is 7.34. The van der Waals surface area contributed by atoms with Gasteiger partial charge in [0.2, 0.25) is 11.7 Å². The minimum atomic E-state index is -0.543. The fourth-order valence-electron chi connectivity index (χ4n) is 3.56. The molecule has 30 heavy (non-hydrogen) atoms. The highest BCUT2D eigenvalue weighted by Gasteiger charge is 2.20. The van der Waals surface area contributed by atoms with Crippen LogP contribution in [0.4, 0.5) is 0 Å². The fourth-order valence-corrected chi connectivity index (χ4v) is 3.56. The van der Waals surface area contributed by atoms with Gasteiger partial charge in [-0.05, 0) is 49.9 Å². The lowest BCUT2D eigenvalue weighted by Crippen LogP contribution is -2.35. The maximum atomic E-state index is 12.6. The van der Waals surface area contributed by atoms with Gasteiger partial charge in [-0.2, -0.15) is 0 Å². The summed E-state index contributed by atoms with van der Waals surface area (Å²) in [5.74, 6) is 0.636. The second kappa shape index (κ2) is 9.48. The lowest BCUT2D eigenvalue weighted by atomic mass is 10.0. The van der Waals surface area contributed by atoms with Gasteiger partial charge in [-0.25, -0.2) is 4.79 Å². The van der Waals surface area contributed by atoms with Gasteiger partial charge in [-0.15, -0.1) is 0 Å². The first-order valence-corrected chi connectivity index (χ1v) is 9.95. The summed E-state index contributed by atoms with van der Waals surface area (Å²) in [5, 5.41) is 3.69. The van der Waals surface area contributed by atoms with E-state index in [0.717, 1.165) is 12.8 Å². The first-order valence-electron chi connectivity index (χ1n) is 9.95. The Kier molecular flexibility index (Phi) is 6.77. The summed E-state index contributed by atoms with van der Waals surface area (Å²) in [5.41, 5.74) is 2.06. The second-order valence-electron chi connectivity index (χ2n) is 7.34. The van der Waals surface area contributed by atoms with Crippen molar-refractivity contribution in [1.82, 2.24) is 5.32 Å². The lowest BCUT2D eigenvalue weighted by molar-refractivity contribution is -0.121. The number of aryl methyl sites for hydroxylation is 2. The standard InChI is InChI=1S/C24H27NO5/c1-15(10-11-17-8-6-5-7-9-17)25-21(26)14-19-16(2)18-12-13-20(28-3)23(29-4)22(18)30-24(19)27/h5-9,12-13,15H,10-11,14H2,1-4H3,(H,25,26)/t15-/m1/s1. The van der Waals surface area contributed by atoms with Crippen LogP contribution in [-0.4, -0.2) is 26.2 Å². The summed E-state index contributed by atoms with van der Waals surface area (Å²) >= 11 is 0. The molecule has 0 saturated carbocycles. The summed E-state index contributed by atoms with van der Waals surface area (Å²) in [6.07, 6.45) is 1.66. The number of fused-ring (bicyclic) bond motifs is 1. The van der Waals surface area contributed by atoms with Gasteiger partial charge < -0.3 is 19.2 Å². The number of nitrogens with one attached hydrogen (secondary N) is 1. The average molecular weight is 409 g/mol. The number of methoxy groups -OCH3 is 2. The van der Waals surface area contributed by atoms with Gasteiger partial charge in [0.25, 0.3) is 0 Å². The van der Waals surface area contributed by atoms with Gasteiger partial charge in [0.15, 0.2) is 11.3 Å². The molecule has 6 nitrogen and oxygen atoms in total. The number of hydrogen-bond donors (Lipinski definition) is 1. The molecule has 2 aromatic carbocycles. The SMILES string of the molecule is COc1ccc2c(C)c(CC(=O)N[C@H](C)CCc3ccccc3)c(=O)oc2c1OC. The van der Waals surface area contributed by atoms with Crippen molar-refractivity contribution >= 4 is 16.9 Å². The van der Waals surface area contributed by atoms with Crippen LogP contribution in [0.25, 0.3) is 11.0 Å². The number of ether oxygens (including phenoxy) is 2. The number of amides is 1. The Balaban J connectivity index is 1.75. The number of carbonyl (C=O) groups excluding carboxylic acids is 1. The molecule has 0 aliphatic carbocycles. The van der Waals surface area contributed by atoms with Gasteiger partial charge in [-0.3, -0.25) is 4.79 Å². The number of hydrogen-bond acceptors (Lipinski definition) is 5. The topological polar surface area (TPSA) is 77.8 Å². The highest BCUT2D eigenvalue weighted by Crippen LogP contribution is 2.36. The van der Waals surface area contributed by atoms with Crippen LogP contribution in [0.15, 0.2) is 51.7 Å². The molecule has 0 aliphatic rings. The predicted molar refractivity (Wildman–Crippen MR) is 116 cm³/mol. The van der Waals surface area contributed by atoms with Crippen LogP contribution in [0, 0.1) is 6.92 Å². The van der Waals surface area contributed by atoms with E-state index in [9.17, 15) is 9.59 Å². The molecule has 0 spiro atoms. The minimum Gasteiger partial charge on any atom is -0.493 e. The van der Waals surface area contributed by atoms with Crippen LogP contribution in [0.3, 0.4) is 0 Å². The Labute approximate surface area is 175 Å². The molecular formula is C24H27NO5. The maximum absolute atomic E-state index is 12.6. The highest BCUT2D eigenvalue weighted by molar-refractivity contribution is 5.89. The molecule has 1 amide bonds. The van der Waals surface area contributed by atoms with E-state index in [-0.39, 0.29) is 18.4 Å². The largest absolute Gasteiger partial charge is 0.493 e. The first kappa shape index (κ1) is 21.4. The summed E-state index contributed by atoms with van der Waals surface area (Å²) in [6, 6.07) is 13.7. The zero-order valence-electron chi connectivity index (χ0n) is 17.8. The maximum Gasteiger partial charge on any atom is 0.340 e. The third-order valence-electron chi connectivity index (χ3n) is 5.25. The van der Waals surface area contributed by atoms with E-state index in [1.807, 2.05) is 32.0 Å². The average Bonchev–Trinajstić information content (AvgIpc) is 2.75. The van der Waals surface area contributed by atoms with E-state index >= 15 is 0 Å². The summed E-state index contributed by atoms with van der Waals surface area (Å²) in [6.45, 7) is 3.78. The Morgan fingerprint density at radius 3 is 2.50 bits per heavy atom. The molecule has 1 heterocycles. The molecule has 158 valence electrons. The van der Waals surface area contributed by atoms with Gasteiger partial charge in [0.1, 0.15) is 0 Å². The molecule has 1 aromatic heterocycles. The molecule has 0 fully saturated rings. The summed E-state index contributed by atoms with van der Waals surface area (Å²) < 4.78 is 16.1. The molecule has 0 radical (unpaired) electrons. The van der Waals surface area contributed by atoms with Crippen molar-refractivity contribution < 1.29 is 18.7 Å². The molecule has 6 heteroatoms. The Bertz CT molecular complexity index is 1090. The van der Waals surface area contributed by atoms with E-state index in [1.54, 1.807) is 12.1 Å². The molecule has 1 N–H and O–H groups in total. The molecular weight excluding hydrogens is 382 g/mol. The number of carbonyl (C=O) groups is 1. The van der Waals surface area contributed by atoms with E-state index < -0.39 is 5.63 Å². The molecule has 0 unspecified atom stereocenters. The van der Waals surface area contributed by atoms with Crippen molar-refractivity contribution in [3.05, 3.63) is 69.6 Å². The number of rotatable bonds is 8. The molecule has 1 atom stereocenters. The van der Waals surface area contributed by atoms with Crippen molar-refractivity contribution in [3.63, 3.8) is 0 Å². The van der Waals surface area contributed by atoms with E-state index in [1.165, 1.54) is 19.8 Å². The van der Waals surface area contributed by atoms with Crippen LogP contribution in [0.5, 0.6) is 11.5 Å². The van der Waals surface area contributed by atoms with E-state index in [2.05, 4.69) is 17.4 Å². The van der Waals surface area contributed by atoms with Gasteiger partial charge in [0, 0.05) is 11.4 Å². The predicted octanol–water partition coefficient (Wildman–Crippen LogP) is 3.80. The van der Waals surface area contributed by atoms with Crippen LogP contribution >= 0.6 is 0 Å². The first-order chi connectivity index (χ1) is 14.4. The van der Waals surface area contributed by atoms with Crippen LogP contribution in [-0.2, 0) is 17.6 Å². The quantitative estimate of drug-likeness (QED) is 0.573. The Morgan fingerprint density at radius 2 is 1.83 bits per heavy atom. The third kappa shape index (κ3) is 4.64. The summed E-state index contributed by atoms with van der Waals surface area (Å²) in [7, 11) is 3.01. The fraction of sp³-hybridized carbons (Fsp3) is 0.333. The molecule has 0 saturated heterocycles. The molecule has 3 rings (SSSR count). The lowest BCUT2D eigenvalue weighted by Gasteiger charge is -2.15. The van der Waals surface area contributed by atoms with Crippen LogP contribution < -0.4 is 20.4 Å². The smallest absolute Gasteiger partial charge is 0.340 e. The minimum absolute atomic E-state index is 0.00475. The normalized spacial score (nSPS) is 11.9. The van der Waals surface area contributed by atoms with Gasteiger partial charge in [0.05, 0.1) is 26.2 Å². The van der Waals surface area contributed by atoms with Crippen molar-refractivity contribution in [1.29, 1.82) is 0 Å². The Morgan fingerprint density at radius 1 is 1.10 bits per heavy atom. The molecule has 0 aliphatic heterocycles. The van der Waals surface area contributed by atoms with E-state index in [0.29, 0.717) is 33.6 Å². The van der Waals surface area contributed by atoms with Crippen molar-refractivity contribution in [2.24, 2.45) is 0 Å². The van der Waals surface area contributed by atoms with Crippen molar-refractivity contribution in [3.8, 4) is 11.5 Å². The Hall–Kier alpha value is -3.28.